The monoisotopic (exact) mass is 427 g/mol. The Kier molecular flexibility index (Phi) is 8.36. The van der Waals surface area contributed by atoms with Gasteiger partial charge in [-0.1, -0.05) is 11.8 Å². The van der Waals surface area contributed by atoms with Crippen LogP contribution in [0.5, 0.6) is 0 Å². The van der Waals surface area contributed by atoms with Crippen LogP contribution in [-0.4, -0.2) is 86.4 Å². The van der Waals surface area contributed by atoms with Crippen molar-refractivity contribution in [2.75, 3.05) is 58.4 Å². The first-order chi connectivity index (χ1) is 14.9. The summed E-state index contributed by atoms with van der Waals surface area (Å²) in [6.07, 6.45) is 4.62. The normalized spacial score (nSPS) is 22.1. The number of morpholine rings is 1. The quantitative estimate of drug-likeness (QED) is 0.704. The maximum absolute atomic E-state index is 12.0. The fourth-order valence-electron chi connectivity index (χ4n) is 4.82. The summed E-state index contributed by atoms with van der Waals surface area (Å²) >= 11 is 0. The summed E-state index contributed by atoms with van der Waals surface area (Å²) < 4.78 is 5.39. The molecule has 0 aromatic heterocycles. The van der Waals surface area contributed by atoms with Gasteiger partial charge in [0, 0.05) is 43.0 Å². The molecule has 1 aromatic carbocycles. The average molecular weight is 428 g/mol. The largest absolute Gasteiger partial charge is 0.478 e. The van der Waals surface area contributed by atoms with Crippen molar-refractivity contribution >= 4 is 11.7 Å². The second-order valence-electron chi connectivity index (χ2n) is 8.88. The summed E-state index contributed by atoms with van der Waals surface area (Å²) in [6, 6.07) is 4.90. The minimum Gasteiger partial charge on any atom is -0.478 e. The van der Waals surface area contributed by atoms with Gasteiger partial charge in [-0.25, -0.2) is 4.79 Å². The van der Waals surface area contributed by atoms with Crippen LogP contribution in [-0.2, 0) is 4.74 Å². The minimum atomic E-state index is -0.886. The van der Waals surface area contributed by atoms with Gasteiger partial charge in [0.15, 0.2) is 0 Å². The molecule has 0 radical (unpaired) electrons. The zero-order valence-corrected chi connectivity index (χ0v) is 19.5. The van der Waals surface area contributed by atoms with E-state index in [4.69, 9.17) is 4.74 Å². The number of carboxylic acid groups (broad SMARTS) is 1. The highest BCUT2D eigenvalue weighted by molar-refractivity contribution is 5.92. The topological polar surface area (TPSA) is 56.3 Å². The molecule has 31 heavy (non-hydrogen) atoms. The van der Waals surface area contributed by atoms with Gasteiger partial charge >= 0.3 is 5.97 Å². The number of carbonyl (C=O) groups is 1. The zero-order chi connectivity index (χ0) is 22.4. The Hall–Kier alpha value is -2.07. The lowest BCUT2D eigenvalue weighted by molar-refractivity contribution is 0.0443. The molecule has 0 spiro atoms. The number of benzene rings is 1. The third-order valence-electron chi connectivity index (χ3n) is 6.74. The predicted molar refractivity (Wildman–Crippen MR) is 125 cm³/mol. The van der Waals surface area contributed by atoms with E-state index in [1.54, 1.807) is 6.07 Å². The van der Waals surface area contributed by atoms with Crippen LogP contribution in [0.1, 0.15) is 54.1 Å². The molecule has 6 nitrogen and oxygen atoms in total. The fraction of sp³-hybridized carbons (Fsp3) is 0.640. The summed E-state index contributed by atoms with van der Waals surface area (Å²) in [4.78, 5) is 19.0. The molecule has 0 bridgehead atoms. The summed E-state index contributed by atoms with van der Waals surface area (Å²) in [5.74, 6) is 5.59. The van der Waals surface area contributed by atoms with E-state index in [1.165, 1.54) is 12.8 Å². The standard InChI is InChI=1S/C25H37N3O3/c1-5-28(22-10-8-21(9-11-22)26(3)4)24-18-20(17-23(19(24)2)25(29)30)7-6-12-27-13-15-31-16-14-27/h17-18,21-22H,5,8-16H2,1-4H3,(H,29,30). The lowest BCUT2D eigenvalue weighted by Gasteiger charge is -2.40. The van der Waals surface area contributed by atoms with Crippen molar-refractivity contribution in [2.24, 2.45) is 0 Å². The van der Waals surface area contributed by atoms with Crippen LogP contribution in [0, 0.1) is 18.8 Å². The Labute approximate surface area is 187 Å². The average Bonchev–Trinajstić information content (AvgIpc) is 2.77. The van der Waals surface area contributed by atoms with Crippen molar-refractivity contribution in [3.8, 4) is 11.8 Å². The number of rotatable bonds is 6. The molecular weight excluding hydrogens is 390 g/mol. The van der Waals surface area contributed by atoms with Crippen molar-refractivity contribution in [1.82, 2.24) is 9.80 Å². The lowest BCUT2D eigenvalue weighted by Crippen LogP contribution is -2.42. The number of aromatic carboxylic acids is 1. The van der Waals surface area contributed by atoms with Crippen molar-refractivity contribution in [3.05, 3.63) is 28.8 Å². The van der Waals surface area contributed by atoms with Crippen LogP contribution in [0.15, 0.2) is 12.1 Å². The molecule has 0 amide bonds. The van der Waals surface area contributed by atoms with Crippen LogP contribution < -0.4 is 4.90 Å². The molecule has 1 aliphatic carbocycles. The molecule has 6 heteroatoms. The smallest absolute Gasteiger partial charge is 0.336 e. The molecule has 1 saturated carbocycles. The molecule has 2 aliphatic rings. The highest BCUT2D eigenvalue weighted by atomic mass is 16.5. The van der Waals surface area contributed by atoms with E-state index in [-0.39, 0.29) is 0 Å². The van der Waals surface area contributed by atoms with Gasteiger partial charge in [-0.05, 0) is 71.3 Å². The van der Waals surface area contributed by atoms with Crippen LogP contribution in [0.3, 0.4) is 0 Å². The van der Waals surface area contributed by atoms with E-state index in [0.29, 0.717) is 24.2 Å². The molecule has 1 N–H and O–H groups in total. The number of carboxylic acids is 1. The van der Waals surface area contributed by atoms with Crippen molar-refractivity contribution < 1.29 is 14.6 Å². The van der Waals surface area contributed by atoms with Crippen molar-refractivity contribution in [1.29, 1.82) is 0 Å². The van der Waals surface area contributed by atoms with Gasteiger partial charge < -0.3 is 19.6 Å². The number of hydrogen-bond acceptors (Lipinski definition) is 5. The summed E-state index contributed by atoms with van der Waals surface area (Å²) in [6.45, 7) is 8.93. The summed E-state index contributed by atoms with van der Waals surface area (Å²) in [5.41, 5.74) is 2.99. The molecular formula is C25H37N3O3. The van der Waals surface area contributed by atoms with E-state index < -0.39 is 5.97 Å². The van der Waals surface area contributed by atoms with Gasteiger partial charge in [0.25, 0.3) is 0 Å². The first-order valence-electron chi connectivity index (χ1n) is 11.5. The summed E-state index contributed by atoms with van der Waals surface area (Å²) in [7, 11) is 4.32. The first kappa shape index (κ1) is 23.6. The molecule has 1 aromatic rings. The Balaban J connectivity index is 1.83. The zero-order valence-electron chi connectivity index (χ0n) is 19.5. The minimum absolute atomic E-state index is 0.355. The fourth-order valence-corrected chi connectivity index (χ4v) is 4.82. The Bertz CT molecular complexity index is 813. The molecule has 3 rings (SSSR count). The molecule has 1 heterocycles. The van der Waals surface area contributed by atoms with Crippen molar-refractivity contribution in [2.45, 2.75) is 51.6 Å². The maximum atomic E-state index is 12.0. The van der Waals surface area contributed by atoms with Crippen LogP contribution in [0.25, 0.3) is 0 Å². The van der Waals surface area contributed by atoms with Gasteiger partial charge in [0.2, 0.25) is 0 Å². The van der Waals surface area contributed by atoms with Gasteiger partial charge in [-0.15, -0.1) is 0 Å². The molecule has 0 unspecified atom stereocenters. The van der Waals surface area contributed by atoms with Gasteiger partial charge in [0.05, 0.1) is 25.3 Å². The highest BCUT2D eigenvalue weighted by Gasteiger charge is 2.28. The third-order valence-corrected chi connectivity index (χ3v) is 6.74. The molecule has 170 valence electrons. The van der Waals surface area contributed by atoms with E-state index in [9.17, 15) is 9.90 Å². The van der Waals surface area contributed by atoms with Crippen LogP contribution in [0.4, 0.5) is 5.69 Å². The number of ether oxygens (including phenoxy) is 1. The van der Waals surface area contributed by atoms with Gasteiger partial charge in [-0.2, -0.15) is 0 Å². The number of nitrogens with zero attached hydrogens (tertiary/aromatic N) is 3. The second-order valence-corrected chi connectivity index (χ2v) is 8.88. The van der Waals surface area contributed by atoms with Crippen LogP contribution in [0.2, 0.25) is 0 Å². The number of anilines is 1. The SMILES string of the molecule is CCN(c1cc(C#CCN2CCOCC2)cc(C(=O)O)c1C)C1CCC(N(C)C)CC1. The van der Waals surface area contributed by atoms with Gasteiger partial charge in [-0.3, -0.25) is 4.90 Å². The Morgan fingerprint density at radius 1 is 1.16 bits per heavy atom. The molecule has 1 saturated heterocycles. The highest BCUT2D eigenvalue weighted by Crippen LogP contribution is 2.32. The number of hydrogen-bond donors (Lipinski definition) is 1. The third kappa shape index (κ3) is 6.00. The van der Waals surface area contributed by atoms with Gasteiger partial charge in [0.1, 0.15) is 0 Å². The molecule has 1 aliphatic heterocycles. The van der Waals surface area contributed by atoms with E-state index in [2.05, 4.69) is 53.6 Å². The maximum Gasteiger partial charge on any atom is 0.336 e. The van der Waals surface area contributed by atoms with Crippen LogP contribution >= 0.6 is 0 Å². The predicted octanol–water partition coefficient (Wildman–Crippen LogP) is 3.08. The van der Waals surface area contributed by atoms with Crippen molar-refractivity contribution in [3.63, 3.8) is 0 Å². The van der Waals surface area contributed by atoms with E-state index in [1.807, 2.05) is 6.92 Å². The van der Waals surface area contributed by atoms with E-state index in [0.717, 1.165) is 62.5 Å². The first-order valence-corrected chi connectivity index (χ1v) is 11.5. The lowest BCUT2D eigenvalue weighted by atomic mass is 9.88. The second kappa shape index (κ2) is 11.0. The molecule has 2 fully saturated rings. The Morgan fingerprint density at radius 3 is 2.39 bits per heavy atom. The summed E-state index contributed by atoms with van der Waals surface area (Å²) in [5, 5.41) is 9.81. The van der Waals surface area contributed by atoms with E-state index >= 15 is 0 Å². The Morgan fingerprint density at radius 2 is 1.81 bits per heavy atom. The molecule has 0 atom stereocenters.